The molecule has 0 bridgehead atoms. The lowest BCUT2D eigenvalue weighted by Crippen LogP contribution is -2.74. The van der Waals surface area contributed by atoms with E-state index in [1.54, 1.807) is 0 Å². The first-order valence-corrected chi connectivity index (χ1v) is 4.78. The van der Waals surface area contributed by atoms with Crippen molar-refractivity contribution in [1.82, 2.24) is 10.6 Å². The Hall–Kier alpha value is -0.900. The highest BCUT2D eigenvalue weighted by atomic mass is 16.2. The first kappa shape index (κ1) is 7.50. The molecule has 1 aliphatic carbocycles. The van der Waals surface area contributed by atoms with Gasteiger partial charge in [0.2, 0.25) is 5.91 Å². The van der Waals surface area contributed by atoms with Gasteiger partial charge < -0.3 is 5.32 Å². The van der Waals surface area contributed by atoms with E-state index < -0.39 is 0 Å². The molecule has 0 aromatic heterocycles. The van der Waals surface area contributed by atoms with E-state index in [2.05, 4.69) is 10.6 Å². The van der Waals surface area contributed by atoms with Crippen molar-refractivity contribution in [3.8, 4) is 0 Å². The average molecular weight is 180 g/mol. The maximum absolute atomic E-state index is 11.4. The summed E-state index contributed by atoms with van der Waals surface area (Å²) in [6, 6.07) is 0. The Bertz CT molecular complexity index is 285. The molecular formula is C9H12N2O2. The summed E-state index contributed by atoms with van der Waals surface area (Å²) in [5, 5.41) is 5.98. The second-order valence-corrected chi connectivity index (χ2v) is 4.40. The molecular weight excluding hydrogens is 168 g/mol. The largest absolute Gasteiger partial charge is 0.352 e. The zero-order valence-electron chi connectivity index (χ0n) is 7.35. The van der Waals surface area contributed by atoms with Gasteiger partial charge in [0.05, 0.1) is 5.54 Å². The molecule has 2 unspecified atom stereocenters. The minimum Gasteiger partial charge on any atom is -0.352 e. The molecule has 2 spiro atoms. The van der Waals surface area contributed by atoms with Gasteiger partial charge in [-0.1, -0.05) is 0 Å². The van der Waals surface area contributed by atoms with Crippen LogP contribution in [0.15, 0.2) is 0 Å². The second kappa shape index (κ2) is 1.95. The van der Waals surface area contributed by atoms with E-state index in [0.717, 1.165) is 19.3 Å². The standard InChI is InChI=1S/C9H12N2O2/c12-6-1-2-8(6)3-4-9(11-8)5-10-7(9)13/h11H,1-5H2,(H,10,13). The summed E-state index contributed by atoms with van der Waals surface area (Å²) in [5.74, 6) is 0.369. The molecule has 2 aliphatic heterocycles. The van der Waals surface area contributed by atoms with Gasteiger partial charge in [-0.25, -0.2) is 0 Å². The number of rotatable bonds is 0. The molecule has 1 amide bonds. The molecule has 0 aromatic rings. The molecule has 2 saturated heterocycles. The second-order valence-electron chi connectivity index (χ2n) is 4.40. The summed E-state index contributed by atoms with van der Waals surface area (Å²) >= 11 is 0. The molecule has 2 atom stereocenters. The average Bonchev–Trinajstić information content (AvgIpc) is 2.58. The highest BCUT2D eigenvalue weighted by molar-refractivity contribution is 5.99. The number of nitrogens with one attached hydrogen (secondary N) is 2. The van der Waals surface area contributed by atoms with Gasteiger partial charge in [-0.05, 0) is 19.3 Å². The summed E-state index contributed by atoms with van der Waals surface area (Å²) in [6.45, 7) is 0.695. The Kier molecular flexibility index (Phi) is 1.12. The van der Waals surface area contributed by atoms with Gasteiger partial charge in [0.1, 0.15) is 5.54 Å². The third-order valence-corrected chi connectivity index (χ3v) is 3.76. The van der Waals surface area contributed by atoms with Gasteiger partial charge in [0.15, 0.2) is 5.78 Å². The fourth-order valence-corrected chi connectivity index (χ4v) is 2.61. The first-order valence-electron chi connectivity index (χ1n) is 4.78. The van der Waals surface area contributed by atoms with Crippen LogP contribution in [0.5, 0.6) is 0 Å². The Morgan fingerprint density at radius 3 is 2.08 bits per heavy atom. The first-order chi connectivity index (χ1) is 6.17. The Balaban J connectivity index is 1.85. The quantitative estimate of drug-likeness (QED) is 0.486. The van der Waals surface area contributed by atoms with Gasteiger partial charge in [0, 0.05) is 13.0 Å². The topological polar surface area (TPSA) is 58.2 Å². The van der Waals surface area contributed by atoms with Crippen LogP contribution in [-0.2, 0) is 9.59 Å². The highest BCUT2D eigenvalue weighted by Gasteiger charge is 2.61. The number of ketones is 1. The van der Waals surface area contributed by atoms with Crippen molar-refractivity contribution in [2.75, 3.05) is 6.54 Å². The predicted octanol–water partition coefficient (Wildman–Crippen LogP) is -0.660. The molecule has 4 heteroatoms. The number of hydrogen-bond acceptors (Lipinski definition) is 3. The van der Waals surface area contributed by atoms with E-state index in [-0.39, 0.29) is 17.0 Å². The van der Waals surface area contributed by atoms with Gasteiger partial charge >= 0.3 is 0 Å². The van der Waals surface area contributed by atoms with E-state index >= 15 is 0 Å². The zero-order chi connectivity index (χ0) is 9.10. The molecule has 0 radical (unpaired) electrons. The van der Waals surface area contributed by atoms with Crippen molar-refractivity contribution in [3.63, 3.8) is 0 Å². The van der Waals surface area contributed by atoms with Crippen LogP contribution in [0.4, 0.5) is 0 Å². The van der Waals surface area contributed by atoms with Crippen molar-refractivity contribution in [2.45, 2.75) is 36.8 Å². The summed E-state index contributed by atoms with van der Waals surface area (Å²) in [7, 11) is 0. The molecule has 3 aliphatic rings. The van der Waals surface area contributed by atoms with Crippen molar-refractivity contribution in [1.29, 1.82) is 0 Å². The van der Waals surface area contributed by atoms with Crippen LogP contribution in [-0.4, -0.2) is 29.3 Å². The summed E-state index contributed by atoms with van der Waals surface area (Å²) < 4.78 is 0. The number of hydrogen-bond donors (Lipinski definition) is 2. The molecule has 13 heavy (non-hydrogen) atoms. The van der Waals surface area contributed by atoms with E-state index in [1.165, 1.54) is 0 Å². The van der Waals surface area contributed by atoms with E-state index in [4.69, 9.17) is 0 Å². The van der Waals surface area contributed by atoms with Gasteiger partial charge in [-0.15, -0.1) is 0 Å². The summed E-state index contributed by atoms with van der Waals surface area (Å²) in [6.07, 6.45) is 3.27. The van der Waals surface area contributed by atoms with Crippen LogP contribution < -0.4 is 10.6 Å². The number of Topliss-reactive ketones (excluding diaryl/α,β-unsaturated/α-hetero) is 1. The van der Waals surface area contributed by atoms with Gasteiger partial charge in [0.25, 0.3) is 0 Å². The van der Waals surface area contributed by atoms with Gasteiger partial charge in [-0.2, -0.15) is 0 Å². The summed E-state index contributed by atoms with van der Waals surface area (Å²) in [4.78, 5) is 22.7. The van der Waals surface area contributed by atoms with E-state index in [0.29, 0.717) is 18.7 Å². The SMILES string of the molecule is O=C1CCC12CCC1(CNC1=O)N2. The fourth-order valence-electron chi connectivity index (χ4n) is 2.61. The molecule has 4 nitrogen and oxygen atoms in total. The predicted molar refractivity (Wildman–Crippen MR) is 45.1 cm³/mol. The molecule has 2 N–H and O–H groups in total. The van der Waals surface area contributed by atoms with E-state index in [9.17, 15) is 9.59 Å². The smallest absolute Gasteiger partial charge is 0.242 e. The third-order valence-electron chi connectivity index (χ3n) is 3.76. The molecule has 70 valence electrons. The highest BCUT2D eigenvalue weighted by Crippen LogP contribution is 2.43. The minimum atomic E-state index is -0.379. The Morgan fingerprint density at radius 1 is 1.08 bits per heavy atom. The fraction of sp³-hybridized carbons (Fsp3) is 0.778. The van der Waals surface area contributed by atoms with Crippen LogP contribution in [0.2, 0.25) is 0 Å². The van der Waals surface area contributed by atoms with Gasteiger partial charge in [-0.3, -0.25) is 14.9 Å². The summed E-state index contributed by atoms with van der Waals surface area (Å²) in [5.41, 5.74) is -0.687. The Labute approximate surface area is 76.1 Å². The number of carbonyl (C=O) groups is 2. The maximum Gasteiger partial charge on any atom is 0.242 e. The van der Waals surface area contributed by atoms with Crippen LogP contribution in [0, 0.1) is 0 Å². The van der Waals surface area contributed by atoms with Crippen molar-refractivity contribution >= 4 is 11.7 Å². The lowest BCUT2D eigenvalue weighted by atomic mass is 9.74. The minimum absolute atomic E-state index is 0.0732. The van der Waals surface area contributed by atoms with E-state index in [1.807, 2.05) is 0 Å². The Morgan fingerprint density at radius 2 is 1.85 bits per heavy atom. The molecule has 1 saturated carbocycles. The van der Waals surface area contributed by atoms with Crippen LogP contribution in [0.25, 0.3) is 0 Å². The van der Waals surface area contributed by atoms with Crippen molar-refractivity contribution in [2.24, 2.45) is 0 Å². The lowest BCUT2D eigenvalue weighted by Gasteiger charge is -2.43. The van der Waals surface area contributed by atoms with Crippen LogP contribution >= 0.6 is 0 Å². The lowest BCUT2D eigenvalue weighted by molar-refractivity contribution is -0.137. The molecule has 3 fully saturated rings. The monoisotopic (exact) mass is 180 g/mol. The third kappa shape index (κ3) is 0.705. The normalized spacial score (nSPS) is 47.7. The number of β-lactam (4-membered cyclic amide) rings is 1. The van der Waals surface area contributed by atoms with Crippen molar-refractivity contribution < 1.29 is 9.59 Å². The van der Waals surface area contributed by atoms with Crippen molar-refractivity contribution in [3.05, 3.63) is 0 Å². The van der Waals surface area contributed by atoms with Crippen LogP contribution in [0.1, 0.15) is 25.7 Å². The molecule has 3 rings (SSSR count). The van der Waals surface area contributed by atoms with Crippen LogP contribution in [0.3, 0.4) is 0 Å². The zero-order valence-corrected chi connectivity index (χ0v) is 7.35. The maximum atomic E-state index is 11.4. The molecule has 0 aromatic carbocycles. The number of carbonyl (C=O) groups excluding carboxylic acids is 2. The molecule has 2 heterocycles. The number of amides is 1.